The number of aliphatic hydroxyl groups is 1. The van der Waals surface area contributed by atoms with Crippen molar-refractivity contribution in [3.63, 3.8) is 0 Å². The minimum absolute atomic E-state index is 0.107. The molecule has 0 unspecified atom stereocenters. The molecule has 0 saturated carbocycles. The molecule has 3 aromatic rings. The van der Waals surface area contributed by atoms with Gasteiger partial charge in [0.15, 0.2) is 0 Å². The number of sulfonamides is 1. The van der Waals surface area contributed by atoms with Crippen molar-refractivity contribution in [3.8, 4) is 16.9 Å². The number of rotatable bonds is 7. The number of hydrogen-bond donors (Lipinski definition) is 1. The molecule has 1 N–H and O–H groups in total. The van der Waals surface area contributed by atoms with Gasteiger partial charge in [0.2, 0.25) is 10.0 Å². The van der Waals surface area contributed by atoms with E-state index in [1.807, 2.05) is 69.4 Å². The summed E-state index contributed by atoms with van der Waals surface area (Å²) >= 11 is 0. The highest BCUT2D eigenvalue weighted by Gasteiger charge is 2.38. The average Bonchev–Trinajstić information content (AvgIpc) is 2.86. The Labute approximate surface area is 214 Å². The van der Waals surface area contributed by atoms with Crippen LogP contribution < -0.4 is 4.74 Å². The predicted octanol–water partition coefficient (Wildman–Crippen LogP) is 3.96. The first-order chi connectivity index (χ1) is 17.2. The Morgan fingerprint density at radius 3 is 2.44 bits per heavy atom. The summed E-state index contributed by atoms with van der Waals surface area (Å²) in [6.45, 7) is 7.11. The van der Waals surface area contributed by atoms with Crippen LogP contribution in [-0.2, 0) is 16.6 Å². The Morgan fingerprint density at radius 2 is 1.78 bits per heavy atom. The lowest BCUT2D eigenvalue weighted by atomic mass is 10.0. The quantitative estimate of drug-likeness (QED) is 0.519. The van der Waals surface area contributed by atoms with Gasteiger partial charge in [-0.05, 0) is 61.9 Å². The van der Waals surface area contributed by atoms with Gasteiger partial charge >= 0.3 is 0 Å². The smallest absolute Gasteiger partial charge is 0.247 e. The number of aryl methyl sites for hydroxylation is 1. The minimum Gasteiger partial charge on any atom is -0.487 e. The highest BCUT2D eigenvalue weighted by atomic mass is 32.2. The summed E-state index contributed by atoms with van der Waals surface area (Å²) < 4.78 is 35.3. The number of likely N-dealkylation sites (N-methyl/N-ethyl adjacent to an activating group) is 1. The van der Waals surface area contributed by atoms with Crippen LogP contribution in [0, 0.1) is 12.8 Å². The van der Waals surface area contributed by atoms with Gasteiger partial charge in [0.25, 0.3) is 0 Å². The number of benzene rings is 2. The van der Waals surface area contributed by atoms with Crippen LogP contribution in [0.15, 0.2) is 71.9 Å². The van der Waals surface area contributed by atoms with Gasteiger partial charge in [-0.3, -0.25) is 9.88 Å². The molecule has 2 aromatic carbocycles. The first-order valence-electron chi connectivity index (χ1n) is 12.3. The number of hydrogen-bond acceptors (Lipinski definition) is 6. The molecule has 192 valence electrons. The molecule has 0 amide bonds. The van der Waals surface area contributed by atoms with Gasteiger partial charge < -0.3 is 9.84 Å². The summed E-state index contributed by atoms with van der Waals surface area (Å²) in [6, 6.07) is 16.8. The summed E-state index contributed by atoms with van der Waals surface area (Å²) in [5.74, 6) is 0.238. The van der Waals surface area contributed by atoms with Crippen LogP contribution in [0.25, 0.3) is 11.1 Å². The van der Waals surface area contributed by atoms with Gasteiger partial charge in [-0.2, -0.15) is 4.31 Å². The second-order valence-electron chi connectivity index (χ2n) is 9.82. The van der Waals surface area contributed by atoms with E-state index in [1.165, 1.54) is 4.31 Å². The van der Waals surface area contributed by atoms with Crippen molar-refractivity contribution >= 4 is 10.0 Å². The Bertz CT molecular complexity index is 1270. The van der Waals surface area contributed by atoms with E-state index in [0.717, 1.165) is 28.8 Å². The van der Waals surface area contributed by atoms with Gasteiger partial charge in [-0.1, -0.05) is 42.8 Å². The fraction of sp³-hybridized carbons (Fsp3) is 0.393. The van der Waals surface area contributed by atoms with E-state index in [0.29, 0.717) is 12.3 Å². The van der Waals surface area contributed by atoms with Crippen LogP contribution >= 0.6 is 0 Å². The van der Waals surface area contributed by atoms with Crippen molar-refractivity contribution in [2.24, 2.45) is 5.92 Å². The van der Waals surface area contributed by atoms with E-state index >= 15 is 0 Å². The molecule has 8 heteroatoms. The zero-order valence-electron chi connectivity index (χ0n) is 21.3. The fourth-order valence-electron chi connectivity index (χ4n) is 4.54. The Kier molecular flexibility index (Phi) is 8.10. The Hall–Kier alpha value is -2.78. The lowest BCUT2D eigenvalue weighted by Crippen LogP contribution is -2.49. The number of nitrogens with zero attached hydrogens (tertiary/aromatic N) is 3. The van der Waals surface area contributed by atoms with Crippen molar-refractivity contribution in [2.75, 3.05) is 26.7 Å². The van der Waals surface area contributed by atoms with E-state index in [9.17, 15) is 13.5 Å². The van der Waals surface area contributed by atoms with Gasteiger partial charge in [0, 0.05) is 44.0 Å². The second-order valence-corrected chi connectivity index (χ2v) is 11.7. The molecule has 7 nitrogen and oxygen atoms in total. The number of aromatic nitrogens is 1. The SMILES string of the molecule is Cc1ccc(-c2ccc3c(c2)O[C@@H](CN(C)Cc2ccncc2)[C@H](C)CN([C@H](C)CO)S3(=O)=O)cc1. The molecule has 0 spiro atoms. The van der Waals surface area contributed by atoms with Crippen molar-refractivity contribution in [2.45, 2.75) is 44.4 Å². The maximum atomic E-state index is 13.7. The minimum atomic E-state index is -3.87. The molecule has 1 aliphatic rings. The third-order valence-corrected chi connectivity index (χ3v) is 8.77. The first kappa shape index (κ1) is 26.3. The molecular weight excluding hydrogens is 474 g/mol. The molecule has 0 fully saturated rings. The molecule has 2 heterocycles. The Morgan fingerprint density at radius 1 is 1.11 bits per heavy atom. The van der Waals surface area contributed by atoms with E-state index in [2.05, 4.69) is 9.88 Å². The van der Waals surface area contributed by atoms with Crippen LogP contribution in [0.3, 0.4) is 0 Å². The van der Waals surface area contributed by atoms with Crippen molar-refractivity contribution in [3.05, 3.63) is 78.1 Å². The molecular formula is C28H35N3O4S. The molecule has 0 radical (unpaired) electrons. The summed E-state index contributed by atoms with van der Waals surface area (Å²) in [4.78, 5) is 6.39. The topological polar surface area (TPSA) is 83.0 Å². The lowest BCUT2D eigenvalue weighted by molar-refractivity contribution is 0.0734. The van der Waals surface area contributed by atoms with Crippen molar-refractivity contribution in [1.82, 2.24) is 14.2 Å². The number of pyridine rings is 1. The zero-order valence-corrected chi connectivity index (χ0v) is 22.1. The monoisotopic (exact) mass is 509 g/mol. The average molecular weight is 510 g/mol. The third kappa shape index (κ3) is 5.78. The molecule has 0 bridgehead atoms. The highest BCUT2D eigenvalue weighted by Crippen LogP contribution is 2.36. The molecule has 0 saturated heterocycles. The van der Waals surface area contributed by atoms with Gasteiger partial charge in [0.05, 0.1) is 6.61 Å². The molecule has 1 aromatic heterocycles. The molecule has 0 aliphatic carbocycles. The van der Waals surface area contributed by atoms with Crippen molar-refractivity contribution in [1.29, 1.82) is 0 Å². The lowest BCUT2D eigenvalue weighted by Gasteiger charge is -2.37. The van der Waals surface area contributed by atoms with Crippen LogP contribution in [0.4, 0.5) is 0 Å². The molecule has 1 aliphatic heterocycles. The van der Waals surface area contributed by atoms with Crippen LogP contribution in [0.2, 0.25) is 0 Å². The van der Waals surface area contributed by atoms with Crippen LogP contribution in [0.5, 0.6) is 5.75 Å². The van der Waals surface area contributed by atoms with E-state index in [-0.39, 0.29) is 30.1 Å². The first-order valence-corrected chi connectivity index (χ1v) is 13.7. The van der Waals surface area contributed by atoms with Gasteiger partial charge in [-0.25, -0.2) is 8.42 Å². The summed E-state index contributed by atoms with van der Waals surface area (Å²) in [6.07, 6.45) is 3.30. The van der Waals surface area contributed by atoms with E-state index < -0.39 is 16.1 Å². The van der Waals surface area contributed by atoms with Gasteiger partial charge in [-0.15, -0.1) is 0 Å². The van der Waals surface area contributed by atoms with Crippen LogP contribution in [-0.4, -0.2) is 66.6 Å². The molecule has 36 heavy (non-hydrogen) atoms. The largest absolute Gasteiger partial charge is 0.487 e. The van der Waals surface area contributed by atoms with E-state index in [4.69, 9.17) is 4.74 Å². The molecule has 4 rings (SSSR count). The zero-order chi connectivity index (χ0) is 25.9. The Balaban J connectivity index is 1.72. The standard InChI is InChI=1S/C28H35N3O4S/c1-20-5-7-24(8-6-20)25-9-10-28-26(15-25)35-27(18-30(4)17-23-11-13-29-14-12-23)21(2)16-31(22(3)19-32)36(28,33)34/h5-15,21-22,27,32H,16-19H2,1-4H3/t21-,22-,27+/m1/s1. The number of aliphatic hydroxyl groups excluding tert-OH is 1. The van der Waals surface area contributed by atoms with Gasteiger partial charge in [0.1, 0.15) is 16.7 Å². The fourth-order valence-corrected chi connectivity index (χ4v) is 6.37. The van der Waals surface area contributed by atoms with Crippen LogP contribution in [0.1, 0.15) is 25.0 Å². The normalized spacial score (nSPS) is 20.7. The third-order valence-electron chi connectivity index (χ3n) is 6.75. The number of ether oxygens (including phenoxy) is 1. The van der Waals surface area contributed by atoms with E-state index in [1.54, 1.807) is 25.4 Å². The maximum absolute atomic E-state index is 13.7. The maximum Gasteiger partial charge on any atom is 0.247 e. The highest BCUT2D eigenvalue weighted by molar-refractivity contribution is 7.89. The summed E-state index contributed by atoms with van der Waals surface area (Å²) in [7, 11) is -1.83. The molecule has 3 atom stereocenters. The van der Waals surface area contributed by atoms with Crippen molar-refractivity contribution < 1.29 is 18.3 Å². The summed E-state index contributed by atoms with van der Waals surface area (Å²) in [5.41, 5.74) is 4.18. The second kappa shape index (κ2) is 11.1. The summed E-state index contributed by atoms with van der Waals surface area (Å²) in [5, 5.41) is 9.86. The number of fused-ring (bicyclic) bond motifs is 1. The predicted molar refractivity (Wildman–Crippen MR) is 141 cm³/mol.